The summed E-state index contributed by atoms with van der Waals surface area (Å²) < 4.78 is 3.77. The molecule has 0 unspecified atom stereocenters. The number of rotatable bonds is 6. The van der Waals surface area contributed by atoms with Crippen molar-refractivity contribution in [3.05, 3.63) is 78.4 Å². The number of hydrogen-bond donors (Lipinski definition) is 1. The van der Waals surface area contributed by atoms with E-state index >= 15 is 0 Å². The van der Waals surface area contributed by atoms with Crippen molar-refractivity contribution in [1.82, 2.24) is 24.5 Å². The summed E-state index contributed by atoms with van der Waals surface area (Å²) in [5.74, 6) is 0.820. The maximum absolute atomic E-state index is 12.5. The van der Waals surface area contributed by atoms with Gasteiger partial charge in [0.2, 0.25) is 11.1 Å². The lowest BCUT2D eigenvalue weighted by atomic mass is 10.1. The van der Waals surface area contributed by atoms with Crippen LogP contribution in [0.3, 0.4) is 0 Å². The van der Waals surface area contributed by atoms with E-state index in [0.29, 0.717) is 11.0 Å². The number of benzene rings is 1. The van der Waals surface area contributed by atoms with Crippen LogP contribution in [-0.4, -0.2) is 36.2 Å². The number of amides is 1. The molecule has 0 aliphatic heterocycles. The SMILES string of the molecule is Cc1cccc(NC(=O)CSc2nnc(-c3ccncc3)n2-n2cccc2)c1C. The number of thioether (sulfide) groups is 1. The molecule has 0 saturated heterocycles. The van der Waals surface area contributed by atoms with E-state index in [9.17, 15) is 4.79 Å². The van der Waals surface area contributed by atoms with Crippen molar-refractivity contribution in [3.8, 4) is 11.4 Å². The fourth-order valence-electron chi connectivity index (χ4n) is 2.91. The topological polar surface area (TPSA) is 77.6 Å². The summed E-state index contributed by atoms with van der Waals surface area (Å²) in [5, 5.41) is 12.3. The largest absolute Gasteiger partial charge is 0.325 e. The minimum absolute atomic E-state index is 0.0868. The van der Waals surface area contributed by atoms with E-state index in [0.717, 1.165) is 22.4 Å². The molecule has 7 nitrogen and oxygen atoms in total. The lowest BCUT2D eigenvalue weighted by Crippen LogP contribution is -2.16. The van der Waals surface area contributed by atoms with Gasteiger partial charge in [0, 0.05) is 36.0 Å². The van der Waals surface area contributed by atoms with Crippen LogP contribution in [-0.2, 0) is 4.79 Å². The van der Waals surface area contributed by atoms with Gasteiger partial charge in [0.25, 0.3) is 0 Å². The van der Waals surface area contributed by atoms with Gasteiger partial charge in [-0.25, -0.2) is 4.68 Å². The number of aryl methyl sites for hydroxylation is 1. The lowest BCUT2D eigenvalue weighted by molar-refractivity contribution is -0.113. The van der Waals surface area contributed by atoms with Crippen LogP contribution in [0.25, 0.3) is 11.4 Å². The maximum atomic E-state index is 12.5. The van der Waals surface area contributed by atoms with E-state index in [1.807, 2.05) is 78.1 Å². The van der Waals surface area contributed by atoms with Crippen LogP contribution in [0.2, 0.25) is 0 Å². The van der Waals surface area contributed by atoms with E-state index in [1.165, 1.54) is 11.8 Å². The molecule has 29 heavy (non-hydrogen) atoms. The van der Waals surface area contributed by atoms with Crippen LogP contribution in [0.4, 0.5) is 5.69 Å². The highest BCUT2D eigenvalue weighted by Gasteiger charge is 2.17. The number of hydrogen-bond acceptors (Lipinski definition) is 5. The van der Waals surface area contributed by atoms with Gasteiger partial charge in [0.05, 0.1) is 5.75 Å². The van der Waals surface area contributed by atoms with E-state index in [2.05, 4.69) is 20.5 Å². The minimum Gasteiger partial charge on any atom is -0.325 e. The average Bonchev–Trinajstić information content (AvgIpc) is 3.40. The highest BCUT2D eigenvalue weighted by atomic mass is 32.2. The molecule has 0 aliphatic carbocycles. The van der Waals surface area contributed by atoms with Gasteiger partial charge in [-0.1, -0.05) is 23.9 Å². The molecule has 0 radical (unpaired) electrons. The zero-order chi connectivity index (χ0) is 20.2. The van der Waals surface area contributed by atoms with E-state index < -0.39 is 0 Å². The highest BCUT2D eigenvalue weighted by Crippen LogP contribution is 2.24. The minimum atomic E-state index is -0.0868. The van der Waals surface area contributed by atoms with Gasteiger partial charge in [0.15, 0.2) is 5.82 Å². The summed E-state index contributed by atoms with van der Waals surface area (Å²) in [5.41, 5.74) is 3.94. The van der Waals surface area contributed by atoms with Gasteiger partial charge in [-0.15, -0.1) is 10.2 Å². The molecule has 1 amide bonds. The Balaban J connectivity index is 1.55. The van der Waals surface area contributed by atoms with Crippen molar-refractivity contribution in [2.75, 3.05) is 11.1 Å². The Morgan fingerprint density at radius 2 is 1.79 bits per heavy atom. The molecule has 0 fully saturated rings. The van der Waals surface area contributed by atoms with Crippen molar-refractivity contribution < 1.29 is 4.79 Å². The number of nitrogens with zero attached hydrogens (tertiary/aromatic N) is 5. The second kappa shape index (κ2) is 8.32. The molecule has 0 bridgehead atoms. The third kappa shape index (κ3) is 4.07. The quantitative estimate of drug-likeness (QED) is 0.495. The van der Waals surface area contributed by atoms with Gasteiger partial charge in [-0.05, 0) is 55.3 Å². The fourth-order valence-corrected chi connectivity index (χ4v) is 3.64. The summed E-state index contributed by atoms with van der Waals surface area (Å²) in [6.45, 7) is 4.03. The molecule has 0 saturated carbocycles. The molecule has 8 heteroatoms. The Bertz CT molecular complexity index is 1120. The molecule has 0 spiro atoms. The van der Waals surface area contributed by atoms with E-state index in [-0.39, 0.29) is 11.7 Å². The van der Waals surface area contributed by atoms with Gasteiger partial charge in [-0.3, -0.25) is 14.5 Å². The first-order valence-corrected chi connectivity index (χ1v) is 10.1. The van der Waals surface area contributed by atoms with Gasteiger partial charge >= 0.3 is 0 Å². The first kappa shape index (κ1) is 18.9. The molecule has 4 aromatic rings. The first-order valence-electron chi connectivity index (χ1n) is 9.12. The third-order valence-electron chi connectivity index (χ3n) is 4.58. The zero-order valence-corrected chi connectivity index (χ0v) is 16.9. The molecule has 0 atom stereocenters. The Morgan fingerprint density at radius 1 is 1.03 bits per heavy atom. The van der Waals surface area contributed by atoms with Crippen molar-refractivity contribution in [2.24, 2.45) is 0 Å². The molecule has 4 rings (SSSR count). The number of pyridine rings is 1. The van der Waals surface area contributed by atoms with Crippen molar-refractivity contribution >= 4 is 23.4 Å². The molecule has 1 N–H and O–H groups in total. The Kier molecular flexibility index (Phi) is 5.44. The molecule has 3 heterocycles. The number of anilines is 1. The van der Waals surface area contributed by atoms with Crippen LogP contribution >= 0.6 is 11.8 Å². The number of carbonyl (C=O) groups is 1. The molecule has 3 aromatic heterocycles. The molecular formula is C21H20N6OS. The summed E-state index contributed by atoms with van der Waals surface area (Å²) in [4.78, 5) is 16.6. The van der Waals surface area contributed by atoms with Gasteiger partial charge in [0.1, 0.15) is 0 Å². The normalized spacial score (nSPS) is 10.8. The van der Waals surface area contributed by atoms with Crippen molar-refractivity contribution in [2.45, 2.75) is 19.0 Å². The van der Waals surface area contributed by atoms with Crippen molar-refractivity contribution in [1.29, 1.82) is 0 Å². The van der Waals surface area contributed by atoms with Crippen LogP contribution in [0.15, 0.2) is 72.4 Å². The van der Waals surface area contributed by atoms with Crippen LogP contribution in [0, 0.1) is 13.8 Å². The first-order chi connectivity index (χ1) is 14.1. The van der Waals surface area contributed by atoms with Crippen LogP contribution in [0.1, 0.15) is 11.1 Å². The molecule has 146 valence electrons. The zero-order valence-electron chi connectivity index (χ0n) is 16.1. The fraction of sp³-hybridized carbons (Fsp3) is 0.143. The number of aromatic nitrogens is 5. The van der Waals surface area contributed by atoms with Crippen LogP contribution < -0.4 is 5.32 Å². The summed E-state index contributed by atoms with van der Waals surface area (Å²) in [6.07, 6.45) is 7.26. The second-order valence-corrected chi connectivity index (χ2v) is 7.44. The van der Waals surface area contributed by atoms with Crippen molar-refractivity contribution in [3.63, 3.8) is 0 Å². The molecule has 0 aliphatic rings. The molecule has 1 aromatic carbocycles. The van der Waals surface area contributed by atoms with Gasteiger partial charge in [-0.2, -0.15) is 0 Å². The van der Waals surface area contributed by atoms with E-state index in [1.54, 1.807) is 12.4 Å². The maximum Gasteiger partial charge on any atom is 0.234 e. The highest BCUT2D eigenvalue weighted by molar-refractivity contribution is 7.99. The van der Waals surface area contributed by atoms with Crippen LogP contribution in [0.5, 0.6) is 0 Å². The Labute approximate surface area is 172 Å². The standard InChI is InChI=1S/C21H20N6OS/c1-15-6-5-7-18(16(15)2)23-19(28)14-29-21-25-24-20(17-8-10-22-11-9-17)27(21)26-12-3-4-13-26/h3-13H,14H2,1-2H3,(H,23,28). The Hall–Kier alpha value is -3.39. The smallest absolute Gasteiger partial charge is 0.234 e. The predicted octanol–water partition coefficient (Wildman–Crippen LogP) is 3.80. The summed E-state index contributed by atoms with van der Waals surface area (Å²) in [6, 6.07) is 13.5. The average molecular weight is 404 g/mol. The number of nitrogens with one attached hydrogen (secondary N) is 1. The molecular weight excluding hydrogens is 384 g/mol. The lowest BCUT2D eigenvalue weighted by Gasteiger charge is -2.12. The van der Waals surface area contributed by atoms with E-state index in [4.69, 9.17) is 0 Å². The Morgan fingerprint density at radius 3 is 2.55 bits per heavy atom. The summed E-state index contributed by atoms with van der Waals surface area (Å²) in [7, 11) is 0. The second-order valence-electron chi connectivity index (χ2n) is 6.50. The third-order valence-corrected chi connectivity index (χ3v) is 5.50. The predicted molar refractivity (Wildman–Crippen MR) is 114 cm³/mol. The monoisotopic (exact) mass is 404 g/mol. The van der Waals surface area contributed by atoms with Gasteiger partial charge < -0.3 is 5.32 Å². The number of carbonyl (C=O) groups excluding carboxylic acids is 1. The summed E-state index contributed by atoms with van der Waals surface area (Å²) >= 11 is 1.34.